The Hall–Kier alpha value is -1.82. The maximum Gasteiger partial charge on any atom is 0.239 e. The summed E-state index contributed by atoms with van der Waals surface area (Å²) in [6.07, 6.45) is 1.23. The minimum atomic E-state index is -3.48. The van der Waals surface area contributed by atoms with E-state index in [4.69, 9.17) is 0 Å². The van der Waals surface area contributed by atoms with Crippen LogP contribution in [-0.2, 0) is 14.6 Å². The first-order valence-corrected chi connectivity index (χ1v) is 7.07. The van der Waals surface area contributed by atoms with Gasteiger partial charge in [0.25, 0.3) is 0 Å². The molecule has 0 unspecified atom stereocenters. The molecule has 6 heteroatoms. The van der Waals surface area contributed by atoms with Gasteiger partial charge in [0.1, 0.15) is 11.5 Å². The Balaban J connectivity index is 2.74. The number of aryl methyl sites for hydroxylation is 1. The first-order chi connectivity index (χ1) is 8.34. The zero-order valence-corrected chi connectivity index (χ0v) is 10.8. The highest BCUT2D eigenvalue weighted by molar-refractivity contribution is 7.92. The van der Waals surface area contributed by atoms with E-state index in [9.17, 15) is 18.3 Å². The summed E-state index contributed by atoms with van der Waals surface area (Å²) in [5.41, 5.74) is 1.03. The minimum Gasteiger partial charge on any atom is -0.506 e. The molecule has 0 saturated carbocycles. The summed E-state index contributed by atoms with van der Waals surface area (Å²) in [6.45, 7) is 5.10. The number of hydrogen-bond donors (Lipinski definition) is 2. The zero-order chi connectivity index (χ0) is 13.8. The topological polar surface area (TPSA) is 83.5 Å². The third-order valence-electron chi connectivity index (χ3n) is 2.15. The van der Waals surface area contributed by atoms with Gasteiger partial charge >= 0.3 is 0 Å². The molecule has 0 heterocycles. The molecule has 0 fully saturated rings. The van der Waals surface area contributed by atoms with Gasteiger partial charge < -0.3 is 10.4 Å². The van der Waals surface area contributed by atoms with Crippen LogP contribution in [0.5, 0.6) is 5.75 Å². The van der Waals surface area contributed by atoms with Crippen LogP contribution in [0.25, 0.3) is 0 Å². The van der Waals surface area contributed by atoms with Crippen molar-refractivity contribution in [1.82, 2.24) is 0 Å². The number of benzene rings is 1. The van der Waals surface area contributed by atoms with Gasteiger partial charge in [-0.1, -0.05) is 12.1 Å². The fraction of sp³-hybridized carbons (Fsp3) is 0.250. The molecule has 5 nitrogen and oxygen atoms in total. The molecule has 0 atom stereocenters. The second kappa shape index (κ2) is 5.68. The largest absolute Gasteiger partial charge is 0.506 e. The minimum absolute atomic E-state index is 0.0931. The van der Waals surface area contributed by atoms with Gasteiger partial charge in [-0.2, -0.15) is 0 Å². The van der Waals surface area contributed by atoms with Crippen LogP contribution in [0.2, 0.25) is 0 Å². The summed E-state index contributed by atoms with van der Waals surface area (Å²) in [6, 6.07) is 4.70. The monoisotopic (exact) mass is 269 g/mol. The van der Waals surface area contributed by atoms with E-state index in [2.05, 4.69) is 11.9 Å². The maximum absolute atomic E-state index is 11.5. The lowest BCUT2D eigenvalue weighted by atomic mass is 10.2. The summed E-state index contributed by atoms with van der Waals surface area (Å²) in [7, 11) is -3.48. The van der Waals surface area contributed by atoms with Crippen molar-refractivity contribution in [2.75, 3.05) is 16.8 Å². The maximum atomic E-state index is 11.5. The SMILES string of the molecule is C=CCS(=O)(=O)CC(=O)Nc1ccc(C)cc1O. The van der Waals surface area contributed by atoms with Crippen LogP contribution >= 0.6 is 0 Å². The Labute approximate surface area is 106 Å². The molecule has 18 heavy (non-hydrogen) atoms. The van der Waals surface area contributed by atoms with Gasteiger partial charge in [0.15, 0.2) is 9.84 Å². The Morgan fingerprint density at radius 2 is 2.17 bits per heavy atom. The van der Waals surface area contributed by atoms with E-state index in [1.54, 1.807) is 13.0 Å². The lowest BCUT2D eigenvalue weighted by molar-refractivity contribution is -0.113. The summed E-state index contributed by atoms with van der Waals surface area (Å²) in [5, 5.41) is 11.9. The highest BCUT2D eigenvalue weighted by Gasteiger charge is 2.16. The molecule has 1 aromatic carbocycles. The van der Waals surface area contributed by atoms with Gasteiger partial charge in [-0.25, -0.2) is 8.42 Å². The Bertz CT molecular complexity index is 563. The highest BCUT2D eigenvalue weighted by atomic mass is 32.2. The Kier molecular flexibility index (Phi) is 4.49. The standard InChI is InChI=1S/C12H15NO4S/c1-3-6-18(16,17)8-12(15)13-10-5-4-9(2)7-11(10)14/h3-5,7,14H,1,6,8H2,2H3,(H,13,15). The van der Waals surface area contributed by atoms with Crippen molar-refractivity contribution >= 4 is 21.4 Å². The van der Waals surface area contributed by atoms with Crippen molar-refractivity contribution in [2.45, 2.75) is 6.92 Å². The van der Waals surface area contributed by atoms with Gasteiger partial charge in [0, 0.05) is 0 Å². The van der Waals surface area contributed by atoms with Gasteiger partial charge in [0.2, 0.25) is 5.91 Å². The molecule has 0 aromatic heterocycles. The summed E-state index contributed by atoms with van der Waals surface area (Å²) in [5.74, 6) is -1.66. The van der Waals surface area contributed by atoms with Gasteiger partial charge in [-0.3, -0.25) is 4.79 Å². The highest BCUT2D eigenvalue weighted by Crippen LogP contribution is 2.23. The van der Waals surface area contributed by atoms with E-state index in [0.29, 0.717) is 0 Å². The van der Waals surface area contributed by atoms with E-state index >= 15 is 0 Å². The summed E-state index contributed by atoms with van der Waals surface area (Å²) < 4.78 is 22.8. The second-order valence-electron chi connectivity index (χ2n) is 3.91. The van der Waals surface area contributed by atoms with Crippen LogP contribution in [-0.4, -0.2) is 30.9 Å². The van der Waals surface area contributed by atoms with Crippen LogP contribution < -0.4 is 5.32 Å². The van der Waals surface area contributed by atoms with Gasteiger partial charge in [-0.15, -0.1) is 6.58 Å². The van der Waals surface area contributed by atoms with Crippen molar-refractivity contribution < 1.29 is 18.3 Å². The first-order valence-electron chi connectivity index (χ1n) is 5.25. The number of phenols is 1. The summed E-state index contributed by atoms with van der Waals surface area (Å²) >= 11 is 0. The Morgan fingerprint density at radius 1 is 1.50 bits per heavy atom. The molecule has 0 aliphatic rings. The quantitative estimate of drug-likeness (QED) is 0.622. The van der Waals surface area contributed by atoms with Gasteiger partial charge in [-0.05, 0) is 24.6 Å². The molecule has 98 valence electrons. The molecule has 1 amide bonds. The molecule has 1 rings (SSSR count). The number of aromatic hydroxyl groups is 1. The molecule has 1 aromatic rings. The molecule has 0 radical (unpaired) electrons. The molecule has 0 spiro atoms. The molecule has 0 aliphatic carbocycles. The van der Waals surface area contributed by atoms with Crippen LogP contribution in [0.15, 0.2) is 30.9 Å². The van der Waals surface area contributed by atoms with Crippen LogP contribution in [0.4, 0.5) is 5.69 Å². The number of carbonyl (C=O) groups is 1. The normalized spacial score (nSPS) is 10.9. The molecular weight excluding hydrogens is 254 g/mol. The van der Waals surface area contributed by atoms with Crippen molar-refractivity contribution in [3.05, 3.63) is 36.4 Å². The van der Waals surface area contributed by atoms with Crippen LogP contribution in [0.3, 0.4) is 0 Å². The summed E-state index contributed by atoms with van der Waals surface area (Å²) in [4.78, 5) is 11.5. The third kappa shape index (κ3) is 4.21. The lowest BCUT2D eigenvalue weighted by Gasteiger charge is -2.07. The van der Waals surface area contributed by atoms with E-state index < -0.39 is 21.5 Å². The van der Waals surface area contributed by atoms with E-state index in [0.717, 1.165) is 5.56 Å². The van der Waals surface area contributed by atoms with Crippen molar-refractivity contribution in [3.63, 3.8) is 0 Å². The average Bonchev–Trinajstić information content (AvgIpc) is 2.21. The fourth-order valence-electron chi connectivity index (χ4n) is 1.37. The zero-order valence-electron chi connectivity index (χ0n) is 10.0. The van der Waals surface area contributed by atoms with E-state index in [1.165, 1.54) is 18.2 Å². The molecule has 2 N–H and O–H groups in total. The van der Waals surface area contributed by atoms with Crippen molar-refractivity contribution in [2.24, 2.45) is 0 Å². The van der Waals surface area contributed by atoms with Crippen LogP contribution in [0.1, 0.15) is 5.56 Å². The van der Waals surface area contributed by atoms with E-state index in [-0.39, 0.29) is 17.2 Å². The number of phenolic OH excluding ortho intramolecular Hbond substituents is 1. The number of hydrogen-bond acceptors (Lipinski definition) is 4. The number of anilines is 1. The molecular formula is C12H15NO4S. The predicted molar refractivity (Wildman–Crippen MR) is 70.3 cm³/mol. The fourth-order valence-corrected chi connectivity index (χ4v) is 2.32. The molecule has 0 saturated heterocycles. The molecule has 0 bridgehead atoms. The van der Waals surface area contributed by atoms with Crippen LogP contribution in [0, 0.1) is 6.92 Å². The second-order valence-corrected chi connectivity index (χ2v) is 6.02. The number of nitrogens with one attached hydrogen (secondary N) is 1. The molecule has 0 aliphatic heterocycles. The van der Waals surface area contributed by atoms with Gasteiger partial charge in [0.05, 0.1) is 11.4 Å². The number of carbonyl (C=O) groups excluding carboxylic acids is 1. The average molecular weight is 269 g/mol. The number of rotatable bonds is 5. The lowest BCUT2D eigenvalue weighted by Crippen LogP contribution is -2.24. The third-order valence-corrected chi connectivity index (χ3v) is 3.60. The number of sulfone groups is 1. The van der Waals surface area contributed by atoms with Crippen molar-refractivity contribution in [1.29, 1.82) is 0 Å². The van der Waals surface area contributed by atoms with E-state index in [1.807, 2.05) is 0 Å². The van der Waals surface area contributed by atoms with Crippen molar-refractivity contribution in [3.8, 4) is 5.75 Å². The number of amides is 1. The Morgan fingerprint density at radius 3 is 2.72 bits per heavy atom. The predicted octanol–water partition coefficient (Wildman–Crippen LogP) is 1.24. The smallest absolute Gasteiger partial charge is 0.239 e. The first kappa shape index (κ1) is 14.2.